The Morgan fingerprint density at radius 2 is 1.70 bits per heavy atom. The fourth-order valence-corrected chi connectivity index (χ4v) is 3.92. The van der Waals surface area contributed by atoms with E-state index >= 15 is 0 Å². The average molecular weight is 417 g/mol. The molecule has 1 N–H and O–H groups in total. The van der Waals surface area contributed by atoms with Gasteiger partial charge in [-0.3, -0.25) is 14.6 Å². The fourth-order valence-electron chi connectivity index (χ4n) is 3.92. The van der Waals surface area contributed by atoms with Crippen molar-refractivity contribution in [1.82, 2.24) is 20.0 Å². The SMILES string of the molecule is CC(C)(C)OC(=O)N1CCN(CCNC(=O)c2cccc(CN3CCCC3)c2)CC1. The first-order valence-corrected chi connectivity index (χ1v) is 11.1. The van der Waals surface area contributed by atoms with Crippen molar-refractivity contribution in [1.29, 1.82) is 0 Å². The van der Waals surface area contributed by atoms with Crippen molar-refractivity contribution < 1.29 is 14.3 Å². The molecule has 0 spiro atoms. The Bertz CT molecular complexity index is 717. The molecule has 2 aliphatic rings. The molecule has 7 nitrogen and oxygen atoms in total. The minimum Gasteiger partial charge on any atom is -0.444 e. The highest BCUT2D eigenvalue weighted by molar-refractivity contribution is 5.94. The molecule has 2 fully saturated rings. The van der Waals surface area contributed by atoms with Gasteiger partial charge >= 0.3 is 6.09 Å². The number of hydrogen-bond donors (Lipinski definition) is 1. The lowest BCUT2D eigenvalue weighted by Gasteiger charge is -2.35. The van der Waals surface area contributed by atoms with Gasteiger partial charge in [0.15, 0.2) is 0 Å². The van der Waals surface area contributed by atoms with E-state index in [2.05, 4.69) is 21.2 Å². The van der Waals surface area contributed by atoms with Crippen LogP contribution in [0.4, 0.5) is 4.79 Å². The first-order chi connectivity index (χ1) is 14.3. The largest absolute Gasteiger partial charge is 0.444 e. The van der Waals surface area contributed by atoms with Crippen molar-refractivity contribution in [2.45, 2.75) is 45.8 Å². The minimum absolute atomic E-state index is 0.0225. The summed E-state index contributed by atoms with van der Waals surface area (Å²) in [5.41, 5.74) is 1.45. The van der Waals surface area contributed by atoms with Gasteiger partial charge in [0.25, 0.3) is 5.91 Å². The molecule has 30 heavy (non-hydrogen) atoms. The van der Waals surface area contributed by atoms with Crippen LogP contribution >= 0.6 is 0 Å². The van der Waals surface area contributed by atoms with E-state index in [9.17, 15) is 9.59 Å². The van der Waals surface area contributed by atoms with Gasteiger partial charge in [-0.05, 0) is 64.4 Å². The summed E-state index contributed by atoms with van der Waals surface area (Å²) < 4.78 is 5.43. The minimum atomic E-state index is -0.468. The number of piperazine rings is 1. The van der Waals surface area contributed by atoms with Crippen LogP contribution in [0.3, 0.4) is 0 Å². The molecule has 0 atom stereocenters. The molecule has 0 bridgehead atoms. The lowest BCUT2D eigenvalue weighted by Crippen LogP contribution is -2.51. The first-order valence-electron chi connectivity index (χ1n) is 11.1. The van der Waals surface area contributed by atoms with E-state index in [-0.39, 0.29) is 12.0 Å². The van der Waals surface area contributed by atoms with E-state index in [1.807, 2.05) is 39.0 Å². The Kier molecular flexibility index (Phi) is 7.72. The Balaban J connectivity index is 1.37. The summed E-state index contributed by atoms with van der Waals surface area (Å²) in [5.74, 6) is -0.0225. The smallest absolute Gasteiger partial charge is 0.410 e. The van der Waals surface area contributed by atoms with E-state index in [0.29, 0.717) is 19.6 Å². The number of hydrogen-bond acceptors (Lipinski definition) is 5. The molecule has 0 aliphatic carbocycles. The van der Waals surface area contributed by atoms with Gasteiger partial charge in [-0.1, -0.05) is 12.1 Å². The number of nitrogens with one attached hydrogen (secondary N) is 1. The maximum absolute atomic E-state index is 12.5. The molecule has 166 valence electrons. The molecule has 0 radical (unpaired) electrons. The third kappa shape index (κ3) is 6.99. The van der Waals surface area contributed by atoms with Crippen molar-refractivity contribution in [3.8, 4) is 0 Å². The maximum atomic E-state index is 12.5. The Hall–Kier alpha value is -2.12. The van der Waals surface area contributed by atoms with Crippen LogP contribution < -0.4 is 5.32 Å². The number of rotatable bonds is 6. The highest BCUT2D eigenvalue weighted by atomic mass is 16.6. The number of carbonyl (C=O) groups excluding carboxylic acids is 2. The molecule has 2 amide bonds. The lowest BCUT2D eigenvalue weighted by atomic mass is 10.1. The van der Waals surface area contributed by atoms with Crippen molar-refractivity contribution in [3.63, 3.8) is 0 Å². The number of carbonyl (C=O) groups is 2. The van der Waals surface area contributed by atoms with Gasteiger partial charge in [0.1, 0.15) is 5.60 Å². The third-order valence-corrected chi connectivity index (χ3v) is 5.53. The summed E-state index contributed by atoms with van der Waals surface area (Å²) in [5, 5.41) is 3.03. The standard InChI is InChI=1S/C23H36N4O3/c1-23(2,3)30-22(29)27-15-13-25(14-16-27)12-9-24-21(28)20-8-6-7-19(17-20)18-26-10-4-5-11-26/h6-8,17H,4-5,9-16,18H2,1-3H3,(H,24,28). The maximum Gasteiger partial charge on any atom is 0.410 e. The van der Waals surface area contributed by atoms with Gasteiger partial charge in [-0.2, -0.15) is 0 Å². The molecule has 2 heterocycles. The molecular weight excluding hydrogens is 380 g/mol. The molecule has 0 aromatic heterocycles. The number of benzene rings is 1. The van der Waals surface area contributed by atoms with E-state index < -0.39 is 5.60 Å². The molecule has 0 saturated carbocycles. The predicted octanol–water partition coefficient (Wildman–Crippen LogP) is 2.56. The lowest BCUT2D eigenvalue weighted by molar-refractivity contribution is 0.0147. The molecule has 1 aromatic carbocycles. The topological polar surface area (TPSA) is 65.1 Å². The number of ether oxygens (including phenoxy) is 1. The summed E-state index contributed by atoms with van der Waals surface area (Å²) in [6.45, 7) is 13.1. The molecular formula is C23H36N4O3. The Labute approximate surface area is 180 Å². The van der Waals surface area contributed by atoms with Crippen LogP contribution in [0.2, 0.25) is 0 Å². The van der Waals surface area contributed by atoms with E-state index in [1.165, 1.54) is 18.4 Å². The molecule has 7 heteroatoms. The normalized spacial score (nSPS) is 18.4. The summed E-state index contributed by atoms with van der Waals surface area (Å²) in [7, 11) is 0. The predicted molar refractivity (Wildman–Crippen MR) is 118 cm³/mol. The van der Waals surface area contributed by atoms with E-state index in [4.69, 9.17) is 4.74 Å². The second-order valence-corrected chi connectivity index (χ2v) is 9.25. The molecule has 0 unspecified atom stereocenters. The number of likely N-dealkylation sites (tertiary alicyclic amines) is 1. The summed E-state index contributed by atoms with van der Waals surface area (Å²) >= 11 is 0. The van der Waals surface area contributed by atoms with Crippen LogP contribution in [0.15, 0.2) is 24.3 Å². The molecule has 1 aromatic rings. The summed E-state index contributed by atoms with van der Waals surface area (Å²) in [6, 6.07) is 7.95. The van der Waals surface area contributed by atoms with Gasteiger partial charge in [-0.25, -0.2) is 4.79 Å². The second-order valence-electron chi connectivity index (χ2n) is 9.25. The third-order valence-electron chi connectivity index (χ3n) is 5.53. The Morgan fingerprint density at radius 1 is 1.00 bits per heavy atom. The number of amides is 2. The van der Waals surface area contributed by atoms with Crippen molar-refractivity contribution in [3.05, 3.63) is 35.4 Å². The second kappa shape index (κ2) is 10.3. The quantitative estimate of drug-likeness (QED) is 0.772. The first kappa shape index (κ1) is 22.6. The fraction of sp³-hybridized carbons (Fsp3) is 0.652. The van der Waals surface area contributed by atoms with Crippen LogP contribution in [0, 0.1) is 0 Å². The summed E-state index contributed by atoms with van der Waals surface area (Å²) in [6.07, 6.45) is 2.29. The zero-order chi connectivity index (χ0) is 21.6. The van der Waals surface area contributed by atoms with Crippen LogP contribution in [-0.4, -0.2) is 84.7 Å². The molecule has 2 saturated heterocycles. The van der Waals surface area contributed by atoms with Crippen LogP contribution in [0.25, 0.3) is 0 Å². The Morgan fingerprint density at radius 3 is 2.37 bits per heavy atom. The highest BCUT2D eigenvalue weighted by Gasteiger charge is 2.25. The van der Waals surface area contributed by atoms with E-state index in [0.717, 1.165) is 44.8 Å². The van der Waals surface area contributed by atoms with Gasteiger partial charge < -0.3 is 15.0 Å². The van der Waals surface area contributed by atoms with Gasteiger partial charge in [0.2, 0.25) is 0 Å². The van der Waals surface area contributed by atoms with Gasteiger partial charge in [0, 0.05) is 51.4 Å². The van der Waals surface area contributed by atoms with Crippen LogP contribution in [0.1, 0.15) is 49.5 Å². The van der Waals surface area contributed by atoms with Crippen molar-refractivity contribution in [2.75, 3.05) is 52.4 Å². The molecule has 2 aliphatic heterocycles. The zero-order valence-electron chi connectivity index (χ0n) is 18.7. The monoisotopic (exact) mass is 416 g/mol. The highest BCUT2D eigenvalue weighted by Crippen LogP contribution is 2.14. The average Bonchev–Trinajstić information content (AvgIpc) is 3.20. The van der Waals surface area contributed by atoms with E-state index in [1.54, 1.807) is 4.90 Å². The molecule has 3 rings (SSSR count). The van der Waals surface area contributed by atoms with Crippen molar-refractivity contribution in [2.24, 2.45) is 0 Å². The van der Waals surface area contributed by atoms with Gasteiger partial charge in [0.05, 0.1) is 0 Å². The van der Waals surface area contributed by atoms with Crippen LogP contribution in [0.5, 0.6) is 0 Å². The summed E-state index contributed by atoms with van der Waals surface area (Å²) in [4.78, 5) is 31.1. The van der Waals surface area contributed by atoms with Crippen molar-refractivity contribution >= 4 is 12.0 Å². The number of nitrogens with zero attached hydrogens (tertiary/aromatic N) is 3. The zero-order valence-corrected chi connectivity index (χ0v) is 18.7. The van der Waals surface area contributed by atoms with Crippen LogP contribution in [-0.2, 0) is 11.3 Å². The van der Waals surface area contributed by atoms with Gasteiger partial charge in [-0.15, -0.1) is 0 Å².